The lowest BCUT2D eigenvalue weighted by Gasteiger charge is -2.34. The molecule has 1 rings (SSSR count). The highest BCUT2D eigenvalue weighted by atomic mass is 16.5. The van der Waals surface area contributed by atoms with Gasteiger partial charge in [0.05, 0.1) is 6.10 Å². The normalized spacial score (nSPS) is 31.2. The summed E-state index contributed by atoms with van der Waals surface area (Å²) in [6, 6.07) is 0.667. The second kappa shape index (κ2) is 4.06. The first kappa shape index (κ1) is 9.75. The van der Waals surface area contributed by atoms with Crippen LogP contribution in [0.4, 0.5) is 0 Å². The average molecular weight is 169 g/mol. The molecule has 0 amide bonds. The van der Waals surface area contributed by atoms with Gasteiger partial charge in [-0.05, 0) is 38.9 Å². The van der Waals surface area contributed by atoms with Crippen molar-refractivity contribution < 1.29 is 4.74 Å². The lowest BCUT2D eigenvalue weighted by molar-refractivity contribution is 0.0763. The summed E-state index contributed by atoms with van der Waals surface area (Å²) in [5, 5.41) is 0. The minimum Gasteiger partial charge on any atom is -0.377 e. The van der Waals surface area contributed by atoms with Crippen LogP contribution in [0.25, 0.3) is 0 Å². The summed E-state index contributed by atoms with van der Waals surface area (Å²) in [7, 11) is 6.03. The highest BCUT2D eigenvalue weighted by Crippen LogP contribution is 2.26. The third kappa shape index (κ3) is 2.08. The van der Waals surface area contributed by atoms with Crippen LogP contribution in [0.1, 0.15) is 19.3 Å². The number of rotatable bonds is 2. The quantitative estimate of drug-likeness (QED) is 0.583. The van der Waals surface area contributed by atoms with Crippen molar-refractivity contribution in [2.45, 2.75) is 31.4 Å². The van der Waals surface area contributed by atoms with Crippen LogP contribution >= 0.6 is 0 Å². The van der Waals surface area contributed by atoms with E-state index >= 15 is 0 Å². The molecule has 0 aromatic rings. The van der Waals surface area contributed by atoms with E-state index in [1.807, 2.05) is 0 Å². The summed E-state index contributed by atoms with van der Waals surface area (Å²) in [4.78, 5) is 2.28. The largest absolute Gasteiger partial charge is 0.377 e. The highest BCUT2D eigenvalue weighted by molar-refractivity contribution is 5.07. The fraction of sp³-hybridized carbons (Fsp3) is 0.800. The number of nitrogens with zero attached hydrogens (tertiary/aromatic N) is 1. The fourth-order valence-corrected chi connectivity index (χ4v) is 1.78. The van der Waals surface area contributed by atoms with Crippen LogP contribution in [0.3, 0.4) is 0 Å². The first-order valence-corrected chi connectivity index (χ1v) is 4.52. The van der Waals surface area contributed by atoms with Crippen LogP contribution in [0.5, 0.6) is 0 Å². The summed E-state index contributed by atoms with van der Waals surface area (Å²) >= 11 is 0. The second-order valence-electron chi connectivity index (χ2n) is 3.77. The van der Waals surface area contributed by atoms with Crippen molar-refractivity contribution in [3.05, 3.63) is 12.2 Å². The molecule has 1 saturated carbocycles. The maximum Gasteiger partial charge on any atom is 0.0793 e. The van der Waals surface area contributed by atoms with Crippen molar-refractivity contribution >= 4 is 0 Å². The number of hydrogen-bond donors (Lipinski definition) is 0. The molecule has 70 valence electrons. The van der Waals surface area contributed by atoms with Crippen molar-refractivity contribution in [1.82, 2.24) is 4.90 Å². The SMILES string of the molecule is C=C1CCC(N(C)C)CC1OC. The molecule has 2 heteroatoms. The molecule has 0 N–H and O–H groups in total. The van der Waals surface area contributed by atoms with Gasteiger partial charge in [0, 0.05) is 13.2 Å². The van der Waals surface area contributed by atoms with Crippen LogP contribution < -0.4 is 0 Å². The molecule has 2 nitrogen and oxygen atoms in total. The molecule has 0 aromatic heterocycles. The summed E-state index contributed by atoms with van der Waals surface area (Å²) in [6.45, 7) is 4.02. The molecule has 12 heavy (non-hydrogen) atoms. The number of methoxy groups -OCH3 is 1. The van der Waals surface area contributed by atoms with Gasteiger partial charge < -0.3 is 9.64 Å². The minimum atomic E-state index is 0.283. The molecule has 0 heterocycles. The van der Waals surface area contributed by atoms with Crippen LogP contribution in [0, 0.1) is 0 Å². The minimum absolute atomic E-state index is 0.283. The van der Waals surface area contributed by atoms with Gasteiger partial charge in [-0.25, -0.2) is 0 Å². The Morgan fingerprint density at radius 3 is 2.67 bits per heavy atom. The molecule has 2 unspecified atom stereocenters. The van der Waals surface area contributed by atoms with Crippen molar-refractivity contribution in [2.24, 2.45) is 0 Å². The van der Waals surface area contributed by atoms with E-state index < -0.39 is 0 Å². The lowest BCUT2D eigenvalue weighted by atomic mass is 9.89. The van der Waals surface area contributed by atoms with Crippen LogP contribution in [-0.4, -0.2) is 38.3 Å². The maximum absolute atomic E-state index is 5.36. The van der Waals surface area contributed by atoms with E-state index in [1.54, 1.807) is 7.11 Å². The Kier molecular flexibility index (Phi) is 3.29. The van der Waals surface area contributed by atoms with E-state index in [4.69, 9.17) is 4.74 Å². The lowest BCUT2D eigenvalue weighted by Crippen LogP contribution is -2.36. The smallest absolute Gasteiger partial charge is 0.0793 e. The van der Waals surface area contributed by atoms with Gasteiger partial charge in [0.2, 0.25) is 0 Å². The van der Waals surface area contributed by atoms with Crippen molar-refractivity contribution in [2.75, 3.05) is 21.2 Å². The van der Waals surface area contributed by atoms with E-state index in [9.17, 15) is 0 Å². The van der Waals surface area contributed by atoms with E-state index in [0.717, 1.165) is 12.8 Å². The van der Waals surface area contributed by atoms with Crippen molar-refractivity contribution in [1.29, 1.82) is 0 Å². The molecule has 0 saturated heterocycles. The Balaban J connectivity index is 2.49. The van der Waals surface area contributed by atoms with E-state index in [0.29, 0.717) is 6.04 Å². The molecule has 2 atom stereocenters. The summed E-state index contributed by atoms with van der Waals surface area (Å²) in [5.74, 6) is 0. The number of ether oxygens (including phenoxy) is 1. The Morgan fingerprint density at radius 2 is 2.17 bits per heavy atom. The Morgan fingerprint density at radius 1 is 1.50 bits per heavy atom. The van der Waals surface area contributed by atoms with Gasteiger partial charge in [-0.3, -0.25) is 0 Å². The third-order valence-electron chi connectivity index (χ3n) is 2.75. The molecule has 0 aliphatic heterocycles. The predicted octanol–water partition coefficient (Wildman–Crippen LogP) is 1.67. The molecular weight excluding hydrogens is 150 g/mol. The zero-order valence-electron chi connectivity index (χ0n) is 8.34. The number of hydrogen-bond acceptors (Lipinski definition) is 2. The van der Waals surface area contributed by atoms with Crippen molar-refractivity contribution in [3.63, 3.8) is 0 Å². The summed E-state index contributed by atoms with van der Waals surface area (Å²) < 4.78 is 5.36. The van der Waals surface area contributed by atoms with Gasteiger partial charge in [-0.1, -0.05) is 6.58 Å². The van der Waals surface area contributed by atoms with E-state index in [-0.39, 0.29) is 6.10 Å². The molecule has 1 aliphatic rings. The third-order valence-corrected chi connectivity index (χ3v) is 2.75. The van der Waals surface area contributed by atoms with Gasteiger partial charge in [0.25, 0.3) is 0 Å². The monoisotopic (exact) mass is 169 g/mol. The Hall–Kier alpha value is -0.340. The average Bonchev–Trinajstić information content (AvgIpc) is 2.05. The van der Waals surface area contributed by atoms with E-state index in [1.165, 1.54) is 12.0 Å². The zero-order chi connectivity index (χ0) is 9.14. The first-order chi connectivity index (χ1) is 5.65. The molecule has 0 spiro atoms. The van der Waals surface area contributed by atoms with Gasteiger partial charge in [-0.2, -0.15) is 0 Å². The van der Waals surface area contributed by atoms with Gasteiger partial charge >= 0.3 is 0 Å². The maximum atomic E-state index is 5.36. The molecule has 0 radical (unpaired) electrons. The Labute approximate surface area is 75.2 Å². The highest BCUT2D eigenvalue weighted by Gasteiger charge is 2.25. The molecule has 1 aliphatic carbocycles. The van der Waals surface area contributed by atoms with Gasteiger partial charge in [0.1, 0.15) is 0 Å². The van der Waals surface area contributed by atoms with Crippen LogP contribution in [-0.2, 0) is 4.74 Å². The van der Waals surface area contributed by atoms with Crippen LogP contribution in [0.2, 0.25) is 0 Å². The molecule has 0 aromatic carbocycles. The molecule has 1 fully saturated rings. The fourth-order valence-electron chi connectivity index (χ4n) is 1.78. The van der Waals surface area contributed by atoms with Gasteiger partial charge in [-0.15, -0.1) is 0 Å². The molecular formula is C10H19NO. The summed E-state index contributed by atoms with van der Waals surface area (Å²) in [6.07, 6.45) is 3.72. The van der Waals surface area contributed by atoms with Crippen LogP contribution in [0.15, 0.2) is 12.2 Å². The molecule has 0 bridgehead atoms. The zero-order valence-corrected chi connectivity index (χ0v) is 8.34. The summed E-state index contributed by atoms with van der Waals surface area (Å²) in [5.41, 5.74) is 1.26. The van der Waals surface area contributed by atoms with E-state index in [2.05, 4.69) is 25.6 Å². The standard InChI is InChI=1S/C10H19NO/c1-8-5-6-9(11(2)3)7-10(8)12-4/h9-10H,1,5-7H2,2-4H3. The first-order valence-electron chi connectivity index (χ1n) is 4.52. The van der Waals surface area contributed by atoms with Gasteiger partial charge in [0.15, 0.2) is 0 Å². The van der Waals surface area contributed by atoms with Crippen molar-refractivity contribution in [3.8, 4) is 0 Å². The topological polar surface area (TPSA) is 12.5 Å². The predicted molar refractivity (Wildman–Crippen MR) is 51.3 cm³/mol. The second-order valence-corrected chi connectivity index (χ2v) is 3.77. The Bertz CT molecular complexity index is 165.